The highest BCUT2D eigenvalue weighted by atomic mass is 15.1. The van der Waals surface area contributed by atoms with E-state index in [0.717, 1.165) is 16.3 Å². The Kier molecular flexibility index (Phi) is 2.74. The van der Waals surface area contributed by atoms with Gasteiger partial charge in [-0.25, -0.2) is 9.97 Å². The molecule has 0 aliphatic heterocycles. The van der Waals surface area contributed by atoms with Crippen LogP contribution in [0.2, 0.25) is 0 Å². The Morgan fingerprint density at radius 1 is 0.696 bits per heavy atom. The van der Waals surface area contributed by atoms with Gasteiger partial charge in [0.1, 0.15) is 5.69 Å². The fraction of sp³-hybridized carbons (Fsp3) is 0. The van der Waals surface area contributed by atoms with Crippen molar-refractivity contribution in [3.05, 3.63) is 42.5 Å². The van der Waals surface area contributed by atoms with Gasteiger partial charge in [0.2, 0.25) is 5.95 Å². The highest BCUT2D eigenvalue weighted by Crippen LogP contribution is 2.28. The summed E-state index contributed by atoms with van der Waals surface area (Å²) in [6, 6.07) is 14.0. The van der Waals surface area contributed by atoms with Crippen molar-refractivity contribution in [2.45, 2.75) is 0 Å². The summed E-state index contributed by atoms with van der Waals surface area (Å²) in [5, 5.41) is 2.23. The number of fused-ring (bicyclic) bond motifs is 2. The molecule has 2 aromatic carbocycles. The molecule has 4 rings (SSSR count). The molecule has 6 N–H and O–H groups in total. The molecule has 112 valence electrons. The summed E-state index contributed by atoms with van der Waals surface area (Å²) in [6.07, 6.45) is 0. The van der Waals surface area contributed by atoms with Crippen LogP contribution < -0.4 is 17.2 Å². The van der Waals surface area contributed by atoms with Crippen LogP contribution in [-0.4, -0.2) is 19.9 Å². The molecule has 0 aliphatic carbocycles. The Morgan fingerprint density at radius 3 is 2.30 bits per heavy atom. The predicted molar refractivity (Wildman–Crippen MR) is 91.3 cm³/mol. The zero-order valence-corrected chi connectivity index (χ0v) is 12.1. The third-order valence-electron chi connectivity index (χ3n) is 3.63. The van der Waals surface area contributed by atoms with Gasteiger partial charge >= 0.3 is 0 Å². The van der Waals surface area contributed by atoms with Gasteiger partial charge in [-0.1, -0.05) is 36.4 Å². The van der Waals surface area contributed by atoms with Crippen LogP contribution in [0.3, 0.4) is 0 Å². The van der Waals surface area contributed by atoms with E-state index in [1.54, 1.807) is 0 Å². The Balaban J connectivity index is 1.98. The van der Waals surface area contributed by atoms with E-state index in [1.807, 2.05) is 42.5 Å². The van der Waals surface area contributed by atoms with Crippen molar-refractivity contribution in [3.8, 4) is 11.3 Å². The van der Waals surface area contributed by atoms with Crippen LogP contribution in [0, 0.1) is 0 Å². The maximum atomic E-state index is 6.05. The molecule has 0 amide bonds. The number of nitrogens with two attached hydrogens (primary N) is 3. The third-order valence-corrected chi connectivity index (χ3v) is 3.63. The van der Waals surface area contributed by atoms with Crippen molar-refractivity contribution in [1.29, 1.82) is 0 Å². The van der Waals surface area contributed by atoms with Gasteiger partial charge in [0, 0.05) is 5.56 Å². The summed E-state index contributed by atoms with van der Waals surface area (Å²) < 4.78 is 0. The highest BCUT2D eigenvalue weighted by Gasteiger charge is 2.13. The summed E-state index contributed by atoms with van der Waals surface area (Å²) in [5.41, 5.74) is 19.6. The molecular formula is C16H13N7. The van der Waals surface area contributed by atoms with Crippen molar-refractivity contribution < 1.29 is 0 Å². The minimum Gasteiger partial charge on any atom is -0.382 e. The van der Waals surface area contributed by atoms with Crippen LogP contribution in [0.5, 0.6) is 0 Å². The summed E-state index contributed by atoms with van der Waals surface area (Å²) in [4.78, 5) is 16.7. The average Bonchev–Trinajstić information content (AvgIpc) is 2.53. The molecule has 0 spiro atoms. The Hall–Kier alpha value is -3.48. The first kappa shape index (κ1) is 13.2. The molecule has 7 heteroatoms. The van der Waals surface area contributed by atoms with Crippen LogP contribution in [0.25, 0.3) is 33.2 Å². The molecule has 0 saturated heterocycles. The first-order chi connectivity index (χ1) is 11.1. The second-order valence-electron chi connectivity index (χ2n) is 5.16. The molecule has 7 nitrogen and oxygen atoms in total. The van der Waals surface area contributed by atoms with E-state index in [4.69, 9.17) is 17.2 Å². The number of nitrogen functional groups attached to an aromatic ring is 3. The van der Waals surface area contributed by atoms with Gasteiger partial charge < -0.3 is 17.2 Å². The van der Waals surface area contributed by atoms with Crippen molar-refractivity contribution in [3.63, 3.8) is 0 Å². The Morgan fingerprint density at radius 2 is 1.48 bits per heavy atom. The second kappa shape index (κ2) is 4.77. The first-order valence-corrected chi connectivity index (χ1v) is 6.97. The highest BCUT2D eigenvalue weighted by molar-refractivity contribution is 5.91. The summed E-state index contributed by atoms with van der Waals surface area (Å²) in [6.45, 7) is 0. The first-order valence-electron chi connectivity index (χ1n) is 6.97. The summed E-state index contributed by atoms with van der Waals surface area (Å²) in [7, 11) is 0. The fourth-order valence-corrected chi connectivity index (χ4v) is 2.55. The van der Waals surface area contributed by atoms with Gasteiger partial charge in [-0.05, 0) is 16.8 Å². The maximum Gasteiger partial charge on any atom is 0.224 e. The zero-order valence-electron chi connectivity index (χ0n) is 12.1. The standard InChI is InChI=1S/C16H13N7/c17-13-11(10-6-5-8-3-1-2-4-9(8)7-10)20-12-14(18)22-16(19)23-15(12)21-13/h1-7H,(H6,17,18,19,21,22,23). The van der Waals surface area contributed by atoms with Crippen molar-refractivity contribution >= 4 is 39.5 Å². The quantitative estimate of drug-likeness (QED) is 0.490. The largest absolute Gasteiger partial charge is 0.382 e. The Labute approximate surface area is 131 Å². The van der Waals surface area contributed by atoms with E-state index < -0.39 is 0 Å². The SMILES string of the molecule is Nc1nc(N)c2nc(-c3ccc4ccccc4c3)c(N)nc2n1. The molecule has 0 bridgehead atoms. The lowest BCUT2D eigenvalue weighted by Gasteiger charge is -2.08. The number of nitrogens with zero attached hydrogens (tertiary/aromatic N) is 4. The van der Waals surface area contributed by atoms with E-state index in [0.29, 0.717) is 11.2 Å². The van der Waals surface area contributed by atoms with Gasteiger partial charge in [0.25, 0.3) is 0 Å². The summed E-state index contributed by atoms with van der Waals surface area (Å²) in [5.74, 6) is 0.495. The molecule has 0 saturated carbocycles. The normalized spacial score (nSPS) is 11.1. The molecule has 0 fully saturated rings. The van der Waals surface area contributed by atoms with E-state index in [9.17, 15) is 0 Å². The number of hydrogen-bond donors (Lipinski definition) is 3. The monoisotopic (exact) mass is 303 g/mol. The van der Waals surface area contributed by atoms with Crippen LogP contribution in [0.15, 0.2) is 42.5 Å². The smallest absolute Gasteiger partial charge is 0.224 e. The molecule has 23 heavy (non-hydrogen) atoms. The predicted octanol–water partition coefficient (Wildman–Crippen LogP) is 1.99. The van der Waals surface area contributed by atoms with E-state index in [1.165, 1.54) is 0 Å². The zero-order chi connectivity index (χ0) is 16.0. The Bertz CT molecular complexity index is 1060. The molecule has 0 radical (unpaired) electrons. The maximum absolute atomic E-state index is 6.05. The number of hydrogen-bond acceptors (Lipinski definition) is 7. The third kappa shape index (κ3) is 2.15. The average molecular weight is 303 g/mol. The number of aromatic nitrogens is 4. The fourth-order valence-electron chi connectivity index (χ4n) is 2.55. The van der Waals surface area contributed by atoms with Crippen molar-refractivity contribution in [2.24, 2.45) is 0 Å². The van der Waals surface area contributed by atoms with Crippen molar-refractivity contribution in [2.75, 3.05) is 17.2 Å². The van der Waals surface area contributed by atoms with E-state index in [2.05, 4.69) is 19.9 Å². The second-order valence-corrected chi connectivity index (χ2v) is 5.16. The number of benzene rings is 2. The molecule has 0 atom stereocenters. The van der Waals surface area contributed by atoms with E-state index in [-0.39, 0.29) is 23.2 Å². The van der Waals surface area contributed by atoms with Gasteiger partial charge in [0.15, 0.2) is 22.8 Å². The molecule has 2 heterocycles. The number of anilines is 3. The van der Waals surface area contributed by atoms with Crippen LogP contribution >= 0.6 is 0 Å². The van der Waals surface area contributed by atoms with Gasteiger partial charge in [-0.3, -0.25) is 0 Å². The van der Waals surface area contributed by atoms with Crippen LogP contribution in [-0.2, 0) is 0 Å². The topological polar surface area (TPSA) is 130 Å². The molecule has 4 aromatic rings. The van der Waals surface area contributed by atoms with Gasteiger partial charge in [0.05, 0.1) is 0 Å². The van der Waals surface area contributed by atoms with E-state index >= 15 is 0 Å². The molecular weight excluding hydrogens is 290 g/mol. The number of rotatable bonds is 1. The summed E-state index contributed by atoms with van der Waals surface area (Å²) >= 11 is 0. The molecule has 0 aliphatic rings. The minimum absolute atomic E-state index is 0.0437. The van der Waals surface area contributed by atoms with Crippen molar-refractivity contribution in [1.82, 2.24) is 19.9 Å². The van der Waals surface area contributed by atoms with Gasteiger partial charge in [-0.2, -0.15) is 9.97 Å². The lowest BCUT2D eigenvalue weighted by atomic mass is 10.0. The lowest BCUT2D eigenvalue weighted by Crippen LogP contribution is -2.06. The van der Waals surface area contributed by atoms with Crippen LogP contribution in [0.1, 0.15) is 0 Å². The minimum atomic E-state index is 0.0437. The van der Waals surface area contributed by atoms with Gasteiger partial charge in [-0.15, -0.1) is 0 Å². The van der Waals surface area contributed by atoms with Crippen LogP contribution in [0.4, 0.5) is 17.6 Å². The lowest BCUT2D eigenvalue weighted by molar-refractivity contribution is 1.17. The molecule has 0 unspecified atom stereocenters. The molecule has 2 aromatic heterocycles.